The van der Waals surface area contributed by atoms with Crippen molar-refractivity contribution in [1.29, 1.82) is 0 Å². The highest BCUT2D eigenvalue weighted by atomic mass is 79.9. The quantitative estimate of drug-likeness (QED) is 0.222. The number of benzene rings is 4. The van der Waals surface area contributed by atoms with E-state index < -0.39 is 11.9 Å². The normalized spacial score (nSPS) is 17.0. The molecule has 8 heteroatoms. The first-order valence-corrected chi connectivity index (χ1v) is 15.2. The number of hydrogen-bond donors (Lipinski definition) is 2. The van der Waals surface area contributed by atoms with Crippen LogP contribution in [0.3, 0.4) is 0 Å². The lowest BCUT2D eigenvalue weighted by Crippen LogP contribution is -2.18. The van der Waals surface area contributed by atoms with Gasteiger partial charge in [0.25, 0.3) is 0 Å². The zero-order chi connectivity index (χ0) is 30.0. The Labute approximate surface area is 261 Å². The van der Waals surface area contributed by atoms with Gasteiger partial charge in [-0.3, -0.25) is 0 Å². The fourth-order valence-electron chi connectivity index (χ4n) is 5.69. The van der Waals surface area contributed by atoms with Gasteiger partial charge in [-0.2, -0.15) is 0 Å². The van der Waals surface area contributed by atoms with Crippen molar-refractivity contribution in [2.75, 3.05) is 13.2 Å². The Morgan fingerprint density at radius 2 is 1.26 bits per heavy atom. The van der Waals surface area contributed by atoms with Crippen LogP contribution in [0.5, 0.6) is 11.5 Å². The number of halogens is 2. The molecule has 2 unspecified atom stereocenters. The highest BCUT2D eigenvalue weighted by Crippen LogP contribution is 2.46. The summed E-state index contributed by atoms with van der Waals surface area (Å²) in [5.41, 5.74) is 6.76. The summed E-state index contributed by atoms with van der Waals surface area (Å²) in [6.45, 7) is 5.23. The molecule has 4 aromatic rings. The van der Waals surface area contributed by atoms with E-state index in [-0.39, 0.29) is 11.8 Å². The van der Waals surface area contributed by atoms with Crippen LogP contribution in [-0.2, 0) is 0 Å². The molecule has 6 rings (SSSR count). The number of fused-ring (bicyclic) bond motifs is 2. The Morgan fingerprint density at radius 1 is 0.714 bits per heavy atom. The molecule has 0 fully saturated rings. The Bertz CT molecular complexity index is 1660. The zero-order valence-electron chi connectivity index (χ0n) is 23.2. The molecule has 0 bridgehead atoms. The SMILES string of the molecule is Cc1c(Br)cc2c(c1Br)OCCC2c1ccccc1C(=O)O.Cc1ccc2c(c1)OCCC2c1ccccc1C(=O)O. The lowest BCUT2D eigenvalue weighted by atomic mass is 9.84. The maximum absolute atomic E-state index is 11.5. The Hall–Kier alpha value is -3.62. The van der Waals surface area contributed by atoms with Crippen molar-refractivity contribution in [3.63, 3.8) is 0 Å². The first-order valence-electron chi connectivity index (χ1n) is 13.7. The van der Waals surface area contributed by atoms with Gasteiger partial charge in [0.15, 0.2) is 0 Å². The Kier molecular flexibility index (Phi) is 9.04. The van der Waals surface area contributed by atoms with Gasteiger partial charge < -0.3 is 19.7 Å². The molecule has 2 aliphatic rings. The fourth-order valence-corrected chi connectivity index (χ4v) is 6.95. The van der Waals surface area contributed by atoms with Gasteiger partial charge in [-0.15, -0.1) is 0 Å². The zero-order valence-corrected chi connectivity index (χ0v) is 26.4. The fraction of sp³-hybridized carbons (Fsp3) is 0.235. The molecule has 0 amide bonds. The van der Waals surface area contributed by atoms with Gasteiger partial charge in [-0.1, -0.05) is 64.5 Å². The van der Waals surface area contributed by atoms with E-state index in [0.717, 1.165) is 66.7 Å². The summed E-state index contributed by atoms with van der Waals surface area (Å²) < 4.78 is 13.4. The molecule has 2 aliphatic heterocycles. The minimum atomic E-state index is -0.895. The van der Waals surface area contributed by atoms with Gasteiger partial charge in [0.1, 0.15) is 11.5 Å². The monoisotopic (exact) mass is 692 g/mol. The summed E-state index contributed by atoms with van der Waals surface area (Å²) in [4.78, 5) is 22.9. The second-order valence-electron chi connectivity index (χ2n) is 10.4. The topological polar surface area (TPSA) is 93.1 Å². The summed E-state index contributed by atoms with van der Waals surface area (Å²) in [5.74, 6) is 0.0316. The van der Waals surface area contributed by atoms with Crippen LogP contribution in [0.1, 0.15) is 78.8 Å². The van der Waals surface area contributed by atoms with Gasteiger partial charge in [-0.25, -0.2) is 9.59 Å². The average molecular weight is 694 g/mol. The summed E-state index contributed by atoms with van der Waals surface area (Å²) in [6, 6.07) is 22.6. The van der Waals surface area contributed by atoms with Crippen LogP contribution in [0.25, 0.3) is 0 Å². The third-order valence-corrected chi connectivity index (χ3v) is 9.58. The van der Waals surface area contributed by atoms with E-state index in [1.165, 1.54) is 0 Å². The number of ether oxygens (including phenoxy) is 2. The summed E-state index contributed by atoms with van der Waals surface area (Å²) in [6.07, 6.45) is 1.57. The molecular weight excluding hydrogens is 664 g/mol. The summed E-state index contributed by atoms with van der Waals surface area (Å²) >= 11 is 7.16. The molecule has 0 aromatic heterocycles. The molecule has 2 atom stereocenters. The smallest absolute Gasteiger partial charge is 0.335 e. The maximum Gasteiger partial charge on any atom is 0.335 e. The largest absolute Gasteiger partial charge is 0.493 e. The van der Waals surface area contributed by atoms with Crippen LogP contribution < -0.4 is 9.47 Å². The number of carboxylic acids is 2. The molecule has 0 saturated heterocycles. The van der Waals surface area contributed by atoms with Crippen molar-refractivity contribution in [3.8, 4) is 11.5 Å². The van der Waals surface area contributed by atoms with Gasteiger partial charge in [0.2, 0.25) is 0 Å². The van der Waals surface area contributed by atoms with Crippen LogP contribution in [0.2, 0.25) is 0 Å². The maximum atomic E-state index is 11.5. The number of hydrogen-bond acceptors (Lipinski definition) is 4. The van der Waals surface area contributed by atoms with E-state index in [4.69, 9.17) is 9.47 Å². The van der Waals surface area contributed by atoms with Crippen molar-refractivity contribution in [3.05, 3.63) is 126 Å². The van der Waals surface area contributed by atoms with Crippen LogP contribution in [-0.4, -0.2) is 35.4 Å². The molecule has 6 nitrogen and oxygen atoms in total. The molecular formula is C34H30Br2O6. The van der Waals surface area contributed by atoms with E-state index in [0.29, 0.717) is 24.3 Å². The second kappa shape index (κ2) is 12.7. The van der Waals surface area contributed by atoms with Crippen LogP contribution >= 0.6 is 31.9 Å². The van der Waals surface area contributed by atoms with Crippen LogP contribution in [0.4, 0.5) is 0 Å². The van der Waals surface area contributed by atoms with Crippen molar-refractivity contribution in [1.82, 2.24) is 0 Å². The number of carboxylic acid groups (broad SMARTS) is 2. The number of aryl methyl sites for hydroxylation is 1. The Balaban J connectivity index is 0.000000169. The van der Waals surface area contributed by atoms with E-state index in [2.05, 4.69) is 31.9 Å². The predicted molar refractivity (Wildman–Crippen MR) is 168 cm³/mol. The van der Waals surface area contributed by atoms with E-state index >= 15 is 0 Å². The van der Waals surface area contributed by atoms with Crippen LogP contribution in [0.15, 0.2) is 81.7 Å². The second-order valence-corrected chi connectivity index (χ2v) is 12.1. The highest BCUT2D eigenvalue weighted by Gasteiger charge is 2.29. The molecule has 0 radical (unpaired) electrons. The average Bonchev–Trinajstić information content (AvgIpc) is 2.99. The molecule has 2 heterocycles. The lowest BCUT2D eigenvalue weighted by molar-refractivity contribution is 0.0684. The van der Waals surface area contributed by atoms with Crippen LogP contribution in [0, 0.1) is 13.8 Å². The molecule has 0 aliphatic carbocycles. The first kappa shape index (κ1) is 29.9. The molecule has 0 spiro atoms. The molecule has 216 valence electrons. The van der Waals surface area contributed by atoms with Crippen molar-refractivity contribution in [2.24, 2.45) is 0 Å². The standard InChI is InChI=1S/C17H14Br2O3.C17H16O3/c1-9-14(18)8-13-11(6-7-22-16(13)15(9)19)10-4-2-3-5-12(10)17(20)21;1-11-6-7-14-13(8-9-20-16(14)10-11)12-4-2-3-5-15(12)17(18)19/h2-5,8,11H,6-7H2,1H3,(H,20,21);2-7,10,13H,8-9H2,1H3,(H,18,19). The highest BCUT2D eigenvalue weighted by molar-refractivity contribution is 9.11. The summed E-state index contributed by atoms with van der Waals surface area (Å²) in [7, 11) is 0. The number of rotatable bonds is 4. The molecule has 42 heavy (non-hydrogen) atoms. The third kappa shape index (κ3) is 5.96. The van der Waals surface area contributed by atoms with Crippen molar-refractivity contribution in [2.45, 2.75) is 38.5 Å². The number of carbonyl (C=O) groups is 2. The Morgan fingerprint density at radius 3 is 1.86 bits per heavy atom. The molecule has 2 N–H and O–H groups in total. The predicted octanol–water partition coefficient (Wildman–Crippen LogP) is 8.74. The van der Waals surface area contributed by atoms with Crippen molar-refractivity contribution < 1.29 is 29.3 Å². The van der Waals surface area contributed by atoms with Crippen molar-refractivity contribution >= 4 is 43.8 Å². The van der Waals surface area contributed by atoms with E-state index in [1.54, 1.807) is 24.3 Å². The minimum absolute atomic E-state index is 0.0178. The van der Waals surface area contributed by atoms with Gasteiger partial charge >= 0.3 is 11.9 Å². The van der Waals surface area contributed by atoms with Gasteiger partial charge in [0.05, 0.1) is 28.8 Å². The molecule has 0 saturated carbocycles. The van der Waals surface area contributed by atoms with Gasteiger partial charge in [0, 0.05) is 27.4 Å². The van der Waals surface area contributed by atoms with Gasteiger partial charge in [-0.05, 0) is 89.1 Å². The lowest BCUT2D eigenvalue weighted by Gasteiger charge is -2.29. The third-order valence-electron chi connectivity index (χ3n) is 7.80. The first-order chi connectivity index (χ1) is 20.2. The van der Waals surface area contributed by atoms with E-state index in [9.17, 15) is 19.8 Å². The summed E-state index contributed by atoms with van der Waals surface area (Å²) in [5, 5.41) is 18.8. The van der Waals surface area contributed by atoms with E-state index in [1.807, 2.05) is 62.4 Å². The molecule has 4 aromatic carbocycles. The minimum Gasteiger partial charge on any atom is -0.493 e. The number of aromatic carboxylic acids is 2.